The largest absolute Gasteiger partial charge is 0.469 e. The number of methoxy groups -OCH3 is 1. The lowest BCUT2D eigenvalue weighted by atomic mass is 10.7. The quantitative estimate of drug-likeness (QED) is 0.458. The molecule has 130 valence electrons. The predicted octanol–water partition coefficient (Wildman–Crippen LogP) is 4.68. The topological polar surface area (TPSA) is 43.4 Å². The van der Waals surface area contributed by atoms with Crippen LogP contribution in [0.4, 0.5) is 30.7 Å². The van der Waals surface area contributed by atoms with E-state index in [1.807, 2.05) is 0 Å². The summed E-state index contributed by atoms with van der Waals surface area (Å²) in [6, 6.07) is 0. The summed E-state index contributed by atoms with van der Waals surface area (Å²) in [4.78, 5) is 16.2. The first-order chi connectivity index (χ1) is 9.31. The zero-order valence-electron chi connectivity index (χ0n) is 10.8. The van der Waals surface area contributed by atoms with Gasteiger partial charge in [0, 0.05) is 14.2 Å². The number of rotatable bonds is 0. The molecule has 0 aromatic rings. The lowest BCUT2D eigenvalue weighted by Crippen LogP contribution is -2.29. The molecule has 21 heavy (non-hydrogen) atoms. The highest BCUT2D eigenvalue weighted by Crippen LogP contribution is 2.38. The Kier molecular flexibility index (Phi) is 23.8. The van der Waals surface area contributed by atoms with E-state index in [-0.39, 0.29) is 6.15 Å². The first-order valence-corrected chi connectivity index (χ1v) is 5.58. The van der Waals surface area contributed by atoms with Crippen LogP contribution < -0.4 is 0 Å². The van der Waals surface area contributed by atoms with Gasteiger partial charge in [-0.05, 0) is 11.6 Å². The maximum absolute atomic E-state index is 10.9. The number of hydrogen-bond acceptors (Lipinski definition) is 3. The Morgan fingerprint density at radius 2 is 1.10 bits per heavy atom. The molecule has 0 amide bonds. The molecule has 0 spiro atoms. The van der Waals surface area contributed by atoms with Crippen LogP contribution in [0.5, 0.6) is 0 Å². The summed E-state index contributed by atoms with van der Waals surface area (Å²) >= 11 is 7.49. The van der Waals surface area contributed by atoms with Crippen molar-refractivity contribution in [3.05, 3.63) is 0 Å². The molecule has 0 aliphatic heterocycles. The van der Waals surface area contributed by atoms with Crippen molar-refractivity contribution in [3.63, 3.8) is 0 Å². The van der Waals surface area contributed by atoms with Gasteiger partial charge < -0.3 is 4.74 Å². The van der Waals surface area contributed by atoms with Crippen LogP contribution >= 0.6 is 23.2 Å². The van der Waals surface area contributed by atoms with Crippen LogP contribution in [0.3, 0.4) is 0 Å². The Bertz CT molecular complexity index is 219. The second-order valence-electron chi connectivity index (χ2n) is 2.80. The highest BCUT2D eigenvalue weighted by Gasteiger charge is 2.56. The lowest BCUT2D eigenvalue weighted by molar-refractivity contribution is -0.241. The summed E-state index contributed by atoms with van der Waals surface area (Å²) in [5, 5.41) is -5.09. The number of hydrogen-bond donors (Lipinski definition) is 0. The SMILES string of the molecule is C1CC1.COC.FC(F)(F)C(F)(F)Cl.FC(F)Cl.O=C=O. The van der Waals surface area contributed by atoms with Crippen molar-refractivity contribution in [1.82, 2.24) is 0 Å². The fraction of sp³-hybridized carbons (Fsp3) is 0.889. The van der Waals surface area contributed by atoms with Crippen LogP contribution in [-0.2, 0) is 14.3 Å². The molecule has 0 heterocycles. The van der Waals surface area contributed by atoms with Crippen LogP contribution in [0.15, 0.2) is 0 Å². The van der Waals surface area contributed by atoms with E-state index in [4.69, 9.17) is 9.59 Å². The molecular formula is C9H13Cl2F7O3. The van der Waals surface area contributed by atoms with Gasteiger partial charge in [-0.15, -0.1) is 0 Å². The molecule has 0 saturated heterocycles. The fourth-order valence-electron chi connectivity index (χ4n) is 0. The van der Waals surface area contributed by atoms with Crippen molar-refractivity contribution < 1.29 is 45.1 Å². The van der Waals surface area contributed by atoms with Crippen molar-refractivity contribution in [3.8, 4) is 0 Å². The molecule has 0 aromatic carbocycles. The summed E-state index contributed by atoms with van der Waals surface area (Å²) in [7, 11) is 3.25. The summed E-state index contributed by atoms with van der Waals surface area (Å²) in [5.74, 6) is -2.69. The van der Waals surface area contributed by atoms with Gasteiger partial charge in [0.2, 0.25) is 0 Å². The van der Waals surface area contributed by atoms with Gasteiger partial charge in [0.15, 0.2) is 0 Å². The number of halogens is 9. The minimum atomic E-state index is -5.63. The maximum Gasteiger partial charge on any atom is 0.469 e. The van der Waals surface area contributed by atoms with Crippen molar-refractivity contribution in [2.45, 2.75) is 36.7 Å². The van der Waals surface area contributed by atoms with Gasteiger partial charge in [-0.3, -0.25) is 0 Å². The van der Waals surface area contributed by atoms with E-state index in [0.29, 0.717) is 0 Å². The summed E-state index contributed by atoms with van der Waals surface area (Å²) < 4.78 is 78.2. The Balaban J connectivity index is -0.0000000938. The molecule has 0 N–H and O–H groups in total. The molecule has 1 rings (SSSR count). The van der Waals surface area contributed by atoms with Gasteiger partial charge in [-0.1, -0.05) is 30.9 Å². The van der Waals surface area contributed by atoms with Gasteiger partial charge in [0.05, 0.1) is 0 Å². The van der Waals surface area contributed by atoms with Gasteiger partial charge in [0.25, 0.3) is 0 Å². The number of ether oxygens (including phenoxy) is 1. The van der Waals surface area contributed by atoms with Crippen molar-refractivity contribution in [2.24, 2.45) is 0 Å². The monoisotopic (exact) mass is 372 g/mol. The molecule has 1 saturated carbocycles. The van der Waals surface area contributed by atoms with Gasteiger partial charge in [-0.2, -0.15) is 40.3 Å². The third-order valence-electron chi connectivity index (χ3n) is 0.675. The molecule has 12 heteroatoms. The summed E-state index contributed by atoms with van der Waals surface area (Å²) in [5.41, 5.74) is 0. The molecule has 0 aromatic heterocycles. The normalized spacial score (nSPS) is 11.8. The van der Waals surface area contributed by atoms with E-state index in [0.717, 1.165) is 0 Å². The molecule has 3 nitrogen and oxygen atoms in total. The average molecular weight is 373 g/mol. The van der Waals surface area contributed by atoms with Crippen LogP contribution in [0.2, 0.25) is 0 Å². The average Bonchev–Trinajstić information content (AvgIpc) is 3.01. The smallest absolute Gasteiger partial charge is 0.388 e. The highest BCUT2D eigenvalue weighted by molar-refractivity contribution is 6.22. The van der Waals surface area contributed by atoms with Gasteiger partial charge >= 0.3 is 23.6 Å². The third-order valence-corrected chi connectivity index (χ3v) is 0.889. The molecule has 0 bridgehead atoms. The van der Waals surface area contributed by atoms with E-state index in [9.17, 15) is 30.7 Å². The molecule has 0 atom stereocenters. The first-order valence-electron chi connectivity index (χ1n) is 4.76. The van der Waals surface area contributed by atoms with Gasteiger partial charge in [-0.25, -0.2) is 0 Å². The zero-order chi connectivity index (χ0) is 18.1. The fourth-order valence-corrected chi connectivity index (χ4v) is 0. The Hall–Kier alpha value is -0.570. The summed E-state index contributed by atoms with van der Waals surface area (Å²) in [6.07, 6.45) is -0.880. The van der Waals surface area contributed by atoms with Crippen molar-refractivity contribution in [1.29, 1.82) is 0 Å². The van der Waals surface area contributed by atoms with Crippen molar-refractivity contribution in [2.75, 3.05) is 14.2 Å². The molecule has 1 aliphatic carbocycles. The van der Waals surface area contributed by atoms with E-state index >= 15 is 0 Å². The van der Waals surface area contributed by atoms with E-state index in [1.54, 1.807) is 14.2 Å². The second-order valence-corrected chi connectivity index (χ2v) is 3.60. The summed E-state index contributed by atoms with van der Waals surface area (Å²) in [6.45, 7) is 0. The standard InChI is InChI=1S/C3H6.C2ClF5.C2H6O.CHClF2.CO2/c1-2-3-1;3-1(4,5)2(6,7)8;1-3-2;2-1(3)4;2-1-3/h1-3H2;;1-2H3;1H;. The van der Waals surface area contributed by atoms with Crippen LogP contribution in [-0.4, -0.2) is 37.8 Å². The minimum absolute atomic E-state index is 0.250. The Morgan fingerprint density at radius 3 is 1.10 bits per heavy atom. The number of alkyl halides is 9. The first kappa shape index (κ1) is 28.6. The lowest BCUT2D eigenvalue weighted by Gasteiger charge is -2.10. The molecule has 1 aliphatic rings. The van der Waals surface area contributed by atoms with Crippen LogP contribution in [0.1, 0.15) is 19.3 Å². The van der Waals surface area contributed by atoms with Crippen LogP contribution in [0.25, 0.3) is 0 Å². The number of carbonyl (C=O) groups excluding carboxylic acids is 2. The predicted molar refractivity (Wildman–Crippen MR) is 60.5 cm³/mol. The Labute approximate surface area is 126 Å². The van der Waals surface area contributed by atoms with E-state index < -0.39 is 17.4 Å². The molecular weight excluding hydrogens is 360 g/mol. The van der Waals surface area contributed by atoms with E-state index in [1.165, 1.54) is 19.3 Å². The molecule has 0 radical (unpaired) electrons. The zero-order valence-corrected chi connectivity index (χ0v) is 12.3. The molecule has 1 fully saturated rings. The highest BCUT2D eigenvalue weighted by atomic mass is 35.5. The van der Waals surface area contributed by atoms with Crippen LogP contribution in [0, 0.1) is 0 Å². The second kappa shape index (κ2) is 17.5. The van der Waals surface area contributed by atoms with E-state index in [2.05, 4.69) is 27.9 Å². The Morgan fingerprint density at radius 1 is 1.00 bits per heavy atom. The maximum atomic E-state index is 10.9. The third kappa shape index (κ3) is 66.4. The molecule has 0 unspecified atom stereocenters. The minimum Gasteiger partial charge on any atom is -0.388 e. The van der Waals surface area contributed by atoms with Gasteiger partial charge in [0.1, 0.15) is 0 Å². The van der Waals surface area contributed by atoms with Crippen molar-refractivity contribution >= 4 is 29.4 Å².